The Kier molecular flexibility index (Phi) is 5.29. The van der Waals surface area contributed by atoms with E-state index in [0.717, 1.165) is 12.0 Å². The van der Waals surface area contributed by atoms with Crippen molar-refractivity contribution < 1.29 is 22.8 Å². The predicted octanol–water partition coefficient (Wildman–Crippen LogP) is 3.66. The number of hydrogen-bond donors (Lipinski definition) is 0. The number of rotatable bonds is 7. The molecule has 0 atom stereocenters. The van der Waals surface area contributed by atoms with Crippen molar-refractivity contribution >= 4 is 5.97 Å². The maximum absolute atomic E-state index is 13.2. The Bertz CT molecular complexity index is 913. The van der Waals surface area contributed by atoms with E-state index in [4.69, 9.17) is 4.74 Å². The van der Waals surface area contributed by atoms with Crippen LogP contribution in [0.1, 0.15) is 42.1 Å². The molecule has 2 heterocycles. The molecule has 0 spiro atoms. The lowest BCUT2D eigenvalue weighted by atomic mass is 10.1. The monoisotopic (exact) mass is 376 g/mol. The number of ether oxygens (including phenoxy) is 1. The Morgan fingerprint density at radius 2 is 2.04 bits per heavy atom. The van der Waals surface area contributed by atoms with E-state index in [1.165, 1.54) is 6.20 Å². The Morgan fingerprint density at radius 1 is 1.30 bits per heavy atom. The Labute approximate surface area is 153 Å². The molecule has 9 heteroatoms. The van der Waals surface area contributed by atoms with Gasteiger partial charge in [-0.05, 0) is 12.0 Å². The normalized spacial score (nSPS) is 11.6. The van der Waals surface area contributed by atoms with E-state index >= 15 is 0 Å². The van der Waals surface area contributed by atoms with Crippen LogP contribution in [0.4, 0.5) is 8.78 Å². The molecule has 27 heavy (non-hydrogen) atoms. The summed E-state index contributed by atoms with van der Waals surface area (Å²) < 4.78 is 37.6. The molecular weight excluding hydrogens is 358 g/mol. The molecule has 0 N–H and O–H groups in total. The minimum atomic E-state index is -3.18. The number of hydrogen-bond acceptors (Lipinski definition) is 6. The van der Waals surface area contributed by atoms with Crippen LogP contribution < -0.4 is 0 Å². The van der Waals surface area contributed by atoms with Gasteiger partial charge < -0.3 is 9.26 Å². The second-order valence-electron chi connectivity index (χ2n) is 6.07. The van der Waals surface area contributed by atoms with Crippen LogP contribution in [0.2, 0.25) is 0 Å². The summed E-state index contributed by atoms with van der Waals surface area (Å²) >= 11 is 0. The number of carbonyl (C=O) groups excluding carboxylic acids is 1. The van der Waals surface area contributed by atoms with Gasteiger partial charge in [-0.3, -0.25) is 4.68 Å². The van der Waals surface area contributed by atoms with Gasteiger partial charge in [0.1, 0.15) is 0 Å². The third-order valence-corrected chi connectivity index (χ3v) is 3.66. The third-order valence-electron chi connectivity index (χ3n) is 3.66. The number of halogens is 2. The minimum Gasteiger partial charge on any atom is -0.462 e. The van der Waals surface area contributed by atoms with Crippen molar-refractivity contribution in [2.45, 2.75) is 32.7 Å². The van der Waals surface area contributed by atoms with E-state index in [1.54, 1.807) is 35.1 Å². The van der Waals surface area contributed by atoms with Crippen LogP contribution in [0.3, 0.4) is 0 Å². The molecule has 0 aliphatic rings. The van der Waals surface area contributed by atoms with Gasteiger partial charge in [-0.15, -0.1) is 0 Å². The van der Waals surface area contributed by atoms with Gasteiger partial charge in [0.05, 0.1) is 24.9 Å². The van der Waals surface area contributed by atoms with Crippen LogP contribution in [-0.4, -0.2) is 32.5 Å². The first-order chi connectivity index (χ1) is 12.9. The van der Waals surface area contributed by atoms with Gasteiger partial charge in [0.15, 0.2) is 0 Å². The summed E-state index contributed by atoms with van der Waals surface area (Å²) in [7, 11) is 0. The Balaban J connectivity index is 1.67. The van der Waals surface area contributed by atoms with E-state index in [9.17, 15) is 13.6 Å². The van der Waals surface area contributed by atoms with Crippen molar-refractivity contribution in [3.05, 3.63) is 53.7 Å². The van der Waals surface area contributed by atoms with Crippen LogP contribution in [0.25, 0.3) is 11.4 Å². The van der Waals surface area contributed by atoms with Gasteiger partial charge >= 0.3 is 11.9 Å². The second-order valence-corrected chi connectivity index (χ2v) is 6.07. The molecule has 0 aliphatic carbocycles. The summed E-state index contributed by atoms with van der Waals surface area (Å²) in [5, 5.41) is 7.72. The van der Waals surface area contributed by atoms with Crippen LogP contribution in [0.15, 0.2) is 41.2 Å². The van der Waals surface area contributed by atoms with E-state index in [-0.39, 0.29) is 5.82 Å². The molecule has 0 saturated heterocycles. The molecule has 2 aromatic heterocycles. The van der Waals surface area contributed by atoms with Crippen molar-refractivity contribution in [1.29, 1.82) is 0 Å². The molecule has 0 saturated carbocycles. The molecule has 0 bridgehead atoms. The number of nitrogens with zero attached hydrogens (tertiary/aromatic N) is 4. The van der Waals surface area contributed by atoms with Crippen molar-refractivity contribution in [2.24, 2.45) is 0 Å². The van der Waals surface area contributed by atoms with Crippen LogP contribution in [0, 0.1) is 0 Å². The molecule has 3 aromatic rings. The van der Waals surface area contributed by atoms with Crippen molar-refractivity contribution in [3.8, 4) is 11.4 Å². The first kappa shape index (κ1) is 18.7. The van der Waals surface area contributed by atoms with Crippen LogP contribution in [-0.2, 0) is 17.2 Å². The van der Waals surface area contributed by atoms with Gasteiger partial charge in [-0.2, -0.15) is 18.9 Å². The maximum Gasteiger partial charge on any atom is 0.341 e. The van der Waals surface area contributed by atoms with E-state index < -0.39 is 17.8 Å². The summed E-state index contributed by atoms with van der Waals surface area (Å²) in [5.74, 6) is -4.21. The van der Waals surface area contributed by atoms with Crippen molar-refractivity contribution in [2.75, 3.05) is 6.61 Å². The topological polar surface area (TPSA) is 83.0 Å². The summed E-state index contributed by atoms with van der Waals surface area (Å²) in [5.41, 5.74) is 1.85. The molecule has 0 aliphatic heterocycles. The summed E-state index contributed by atoms with van der Waals surface area (Å²) in [6.07, 6.45) is 3.82. The van der Waals surface area contributed by atoms with Crippen LogP contribution in [0.5, 0.6) is 0 Å². The van der Waals surface area contributed by atoms with Gasteiger partial charge in [-0.25, -0.2) is 4.79 Å². The molecule has 0 fully saturated rings. The van der Waals surface area contributed by atoms with E-state index in [1.807, 2.05) is 6.92 Å². The molecule has 3 rings (SSSR count). The fraction of sp³-hybridized carbons (Fsp3) is 0.333. The summed E-state index contributed by atoms with van der Waals surface area (Å²) in [6, 6.07) is 7.01. The Hall–Kier alpha value is -3.10. The number of esters is 1. The lowest BCUT2D eigenvalue weighted by Crippen LogP contribution is -2.07. The zero-order valence-electron chi connectivity index (χ0n) is 14.9. The maximum atomic E-state index is 13.2. The van der Waals surface area contributed by atoms with Crippen molar-refractivity contribution in [3.63, 3.8) is 0 Å². The SMILES string of the molecule is CCCOC(=O)c1cnn(Cc2ccc(-c3noc(C(C)(F)F)n3)cc2)c1. The largest absolute Gasteiger partial charge is 0.462 e. The summed E-state index contributed by atoms with van der Waals surface area (Å²) in [6.45, 7) is 3.42. The third kappa shape index (κ3) is 4.55. The average molecular weight is 376 g/mol. The predicted molar refractivity (Wildman–Crippen MR) is 91.2 cm³/mol. The number of alkyl halides is 2. The van der Waals surface area contributed by atoms with E-state index in [2.05, 4.69) is 19.8 Å². The average Bonchev–Trinajstić information content (AvgIpc) is 3.30. The zero-order chi connectivity index (χ0) is 19.4. The summed E-state index contributed by atoms with van der Waals surface area (Å²) in [4.78, 5) is 15.5. The lowest BCUT2D eigenvalue weighted by molar-refractivity contribution is -0.0158. The first-order valence-corrected chi connectivity index (χ1v) is 8.37. The molecule has 7 nitrogen and oxygen atoms in total. The molecule has 1 aromatic carbocycles. The highest BCUT2D eigenvalue weighted by atomic mass is 19.3. The number of carbonyl (C=O) groups is 1. The van der Waals surface area contributed by atoms with Crippen LogP contribution >= 0.6 is 0 Å². The van der Waals surface area contributed by atoms with Gasteiger partial charge in [0.25, 0.3) is 5.89 Å². The number of aromatic nitrogens is 4. The smallest absolute Gasteiger partial charge is 0.341 e. The van der Waals surface area contributed by atoms with Gasteiger partial charge in [0, 0.05) is 18.7 Å². The first-order valence-electron chi connectivity index (χ1n) is 8.37. The highest BCUT2D eigenvalue weighted by Crippen LogP contribution is 2.27. The fourth-order valence-corrected chi connectivity index (χ4v) is 2.30. The lowest BCUT2D eigenvalue weighted by Gasteiger charge is -2.03. The molecule has 0 unspecified atom stereocenters. The van der Waals surface area contributed by atoms with Crippen molar-refractivity contribution in [1.82, 2.24) is 19.9 Å². The molecular formula is C18H18F2N4O3. The highest BCUT2D eigenvalue weighted by Gasteiger charge is 2.32. The zero-order valence-corrected chi connectivity index (χ0v) is 14.9. The number of benzene rings is 1. The Morgan fingerprint density at radius 3 is 2.67 bits per heavy atom. The highest BCUT2D eigenvalue weighted by molar-refractivity contribution is 5.88. The molecule has 0 radical (unpaired) electrons. The molecule has 142 valence electrons. The van der Waals surface area contributed by atoms with Gasteiger partial charge in [-0.1, -0.05) is 36.3 Å². The minimum absolute atomic E-state index is 0.0955. The van der Waals surface area contributed by atoms with Gasteiger partial charge in [0.2, 0.25) is 5.82 Å². The van der Waals surface area contributed by atoms with E-state index in [0.29, 0.717) is 31.2 Å². The molecule has 0 amide bonds. The standard InChI is InChI=1S/C18H18F2N4O3/c1-3-8-26-16(25)14-9-21-24(11-14)10-12-4-6-13(7-5-12)15-22-17(27-23-15)18(2,19)20/h4-7,9,11H,3,8,10H2,1-2H3. The second kappa shape index (κ2) is 7.65. The fourth-order valence-electron chi connectivity index (χ4n) is 2.30. The quantitative estimate of drug-likeness (QED) is 0.585.